The van der Waals surface area contributed by atoms with Crippen molar-refractivity contribution in [3.63, 3.8) is 0 Å². The molecule has 0 amide bonds. The highest BCUT2D eigenvalue weighted by atomic mass is 35.6. The Balaban J connectivity index is 1.69. The first kappa shape index (κ1) is 17.4. The SMILES string of the molecule is CC1(C)O[C@@H]2[C@H](C[C@@]3(OC(=O)OCC(Cl)(Cl)Cl)C[C@H]2OC3=O)O1. The first-order valence-corrected chi connectivity index (χ1v) is 8.12. The second-order valence-corrected chi connectivity index (χ2v) is 8.76. The maximum absolute atomic E-state index is 12.2. The van der Waals surface area contributed by atoms with E-state index in [2.05, 4.69) is 0 Å². The number of hydrogen-bond acceptors (Lipinski definition) is 7. The highest BCUT2D eigenvalue weighted by molar-refractivity contribution is 6.67. The summed E-state index contributed by atoms with van der Waals surface area (Å²) in [7, 11) is 0. The fourth-order valence-electron chi connectivity index (χ4n) is 3.16. The summed E-state index contributed by atoms with van der Waals surface area (Å²) in [5.41, 5.74) is -1.46. The largest absolute Gasteiger partial charge is 0.509 e. The molecular formula is C13H15Cl3O7. The predicted molar refractivity (Wildman–Crippen MR) is 78.4 cm³/mol. The smallest absolute Gasteiger partial charge is 0.456 e. The maximum Gasteiger partial charge on any atom is 0.509 e. The lowest BCUT2D eigenvalue weighted by atomic mass is 9.82. The highest BCUT2D eigenvalue weighted by Crippen LogP contribution is 2.48. The molecule has 0 N–H and O–H groups in total. The number of carbonyl (C=O) groups is 2. The van der Waals surface area contributed by atoms with Crippen molar-refractivity contribution in [3.8, 4) is 0 Å². The van der Waals surface area contributed by atoms with Crippen molar-refractivity contribution in [2.75, 3.05) is 6.61 Å². The number of rotatable bonds is 2. The van der Waals surface area contributed by atoms with Gasteiger partial charge in [-0.15, -0.1) is 0 Å². The van der Waals surface area contributed by atoms with Crippen LogP contribution in [-0.2, 0) is 28.5 Å². The van der Waals surface area contributed by atoms with Gasteiger partial charge >= 0.3 is 12.1 Å². The summed E-state index contributed by atoms with van der Waals surface area (Å²) in [6.07, 6.45) is -2.15. The molecule has 0 aromatic rings. The van der Waals surface area contributed by atoms with Crippen molar-refractivity contribution in [1.29, 1.82) is 0 Å². The van der Waals surface area contributed by atoms with Gasteiger partial charge in [-0.25, -0.2) is 9.59 Å². The first-order chi connectivity index (χ1) is 10.5. The number of halogens is 3. The first-order valence-electron chi connectivity index (χ1n) is 6.99. The Morgan fingerprint density at radius 3 is 2.57 bits per heavy atom. The zero-order valence-corrected chi connectivity index (χ0v) is 14.6. The van der Waals surface area contributed by atoms with E-state index in [0.717, 1.165) is 0 Å². The molecule has 7 nitrogen and oxygen atoms in total. The van der Waals surface area contributed by atoms with Gasteiger partial charge in [0.15, 0.2) is 5.79 Å². The van der Waals surface area contributed by atoms with E-state index in [1.807, 2.05) is 0 Å². The highest BCUT2D eigenvalue weighted by Gasteiger charge is 2.65. The van der Waals surface area contributed by atoms with Crippen LogP contribution in [0.15, 0.2) is 0 Å². The number of fused-ring (bicyclic) bond motifs is 4. The topological polar surface area (TPSA) is 80.3 Å². The van der Waals surface area contributed by atoms with Gasteiger partial charge in [0.1, 0.15) is 18.8 Å². The van der Waals surface area contributed by atoms with Crippen LogP contribution in [0.5, 0.6) is 0 Å². The molecule has 0 aromatic carbocycles. The predicted octanol–water partition coefficient (Wildman–Crippen LogP) is 2.49. The third-order valence-corrected chi connectivity index (χ3v) is 4.24. The Labute approximate surface area is 147 Å². The van der Waals surface area contributed by atoms with Crippen LogP contribution in [0.3, 0.4) is 0 Å². The number of hydrogen-bond donors (Lipinski definition) is 0. The molecule has 4 atom stereocenters. The fraction of sp³-hybridized carbons (Fsp3) is 0.846. The molecule has 3 rings (SSSR count). The summed E-state index contributed by atoms with van der Waals surface area (Å²) in [5.74, 6) is -1.43. The summed E-state index contributed by atoms with van der Waals surface area (Å²) in [4.78, 5) is 24.0. The Hall–Kier alpha value is -0.470. The van der Waals surface area contributed by atoms with E-state index in [1.54, 1.807) is 13.8 Å². The van der Waals surface area contributed by atoms with Gasteiger partial charge in [0.05, 0.1) is 6.10 Å². The third-order valence-electron chi connectivity index (χ3n) is 3.91. The van der Waals surface area contributed by atoms with Crippen LogP contribution in [0.2, 0.25) is 0 Å². The molecule has 0 aromatic heterocycles. The molecular weight excluding hydrogens is 374 g/mol. The number of esters is 1. The van der Waals surface area contributed by atoms with Crippen molar-refractivity contribution in [2.24, 2.45) is 0 Å². The second-order valence-electron chi connectivity index (χ2n) is 6.24. The van der Waals surface area contributed by atoms with E-state index in [4.69, 9.17) is 58.5 Å². The number of ether oxygens (including phenoxy) is 5. The summed E-state index contributed by atoms with van der Waals surface area (Å²) < 4.78 is 25.0. The van der Waals surface area contributed by atoms with Gasteiger partial charge in [-0.05, 0) is 13.8 Å². The lowest BCUT2D eigenvalue weighted by molar-refractivity contribution is -0.173. The van der Waals surface area contributed by atoms with Crippen molar-refractivity contribution in [3.05, 3.63) is 0 Å². The van der Waals surface area contributed by atoms with Crippen LogP contribution < -0.4 is 0 Å². The minimum Gasteiger partial charge on any atom is -0.456 e. The summed E-state index contributed by atoms with van der Waals surface area (Å²) in [6.45, 7) is 3.04. The average Bonchev–Trinajstić information content (AvgIpc) is 2.82. The van der Waals surface area contributed by atoms with Crippen LogP contribution in [0.4, 0.5) is 4.79 Å². The molecule has 23 heavy (non-hydrogen) atoms. The van der Waals surface area contributed by atoms with Gasteiger partial charge in [0, 0.05) is 12.8 Å². The van der Waals surface area contributed by atoms with Crippen LogP contribution in [-0.4, -0.2) is 52.2 Å². The van der Waals surface area contributed by atoms with Gasteiger partial charge in [-0.2, -0.15) is 0 Å². The molecule has 3 aliphatic rings. The van der Waals surface area contributed by atoms with Crippen molar-refractivity contribution < 1.29 is 33.3 Å². The van der Waals surface area contributed by atoms with Gasteiger partial charge in [0.2, 0.25) is 9.39 Å². The summed E-state index contributed by atoms with van der Waals surface area (Å²) in [5, 5.41) is 0. The molecule has 130 valence electrons. The van der Waals surface area contributed by atoms with Gasteiger partial charge < -0.3 is 23.7 Å². The zero-order chi connectivity index (χ0) is 17.0. The van der Waals surface area contributed by atoms with Crippen LogP contribution >= 0.6 is 34.8 Å². The van der Waals surface area contributed by atoms with Crippen molar-refractivity contribution >= 4 is 46.9 Å². The molecule has 1 saturated carbocycles. The molecule has 3 fully saturated rings. The summed E-state index contributed by atoms with van der Waals surface area (Å²) >= 11 is 16.5. The monoisotopic (exact) mass is 388 g/mol. The lowest BCUT2D eigenvalue weighted by Crippen LogP contribution is -2.50. The maximum atomic E-state index is 12.2. The zero-order valence-electron chi connectivity index (χ0n) is 12.3. The minimum atomic E-state index is -1.76. The van der Waals surface area contributed by atoms with E-state index in [0.29, 0.717) is 0 Å². The average molecular weight is 390 g/mol. The Morgan fingerprint density at radius 2 is 1.91 bits per heavy atom. The molecule has 2 bridgehead atoms. The Kier molecular flexibility index (Phi) is 4.17. The van der Waals surface area contributed by atoms with Crippen molar-refractivity contribution in [1.82, 2.24) is 0 Å². The quantitative estimate of drug-likeness (QED) is 0.530. The molecule has 10 heteroatoms. The van der Waals surface area contributed by atoms with Crippen LogP contribution in [0.1, 0.15) is 26.7 Å². The molecule has 0 spiro atoms. The lowest BCUT2D eigenvalue weighted by Gasteiger charge is -2.32. The number of carbonyl (C=O) groups excluding carboxylic acids is 2. The molecule has 2 aliphatic heterocycles. The Bertz CT molecular complexity index is 532. The second kappa shape index (κ2) is 5.52. The molecule has 2 saturated heterocycles. The van der Waals surface area contributed by atoms with E-state index < -0.39 is 46.1 Å². The third kappa shape index (κ3) is 3.49. The molecule has 0 radical (unpaired) electrons. The molecule has 1 aliphatic carbocycles. The van der Waals surface area contributed by atoms with E-state index in [1.165, 1.54) is 0 Å². The van der Waals surface area contributed by atoms with E-state index in [-0.39, 0.29) is 18.9 Å². The minimum absolute atomic E-state index is 0.124. The molecule has 2 heterocycles. The summed E-state index contributed by atoms with van der Waals surface area (Å²) in [6, 6.07) is 0. The molecule has 0 unspecified atom stereocenters. The van der Waals surface area contributed by atoms with E-state index >= 15 is 0 Å². The van der Waals surface area contributed by atoms with Gasteiger partial charge in [0.25, 0.3) is 0 Å². The van der Waals surface area contributed by atoms with Gasteiger partial charge in [-0.3, -0.25) is 0 Å². The normalized spacial score (nSPS) is 38.0. The van der Waals surface area contributed by atoms with Crippen LogP contribution in [0.25, 0.3) is 0 Å². The standard InChI is InChI=1S/C13H15Cl3O7/c1-11(2)21-7-4-12(23-10(18)19-5-13(14,15)16)3-6(8(7)22-11)20-9(12)17/h6-8H,3-5H2,1-2H3/t6-,7+,8+,12+/m1/s1. The van der Waals surface area contributed by atoms with E-state index in [9.17, 15) is 9.59 Å². The number of alkyl halides is 3. The van der Waals surface area contributed by atoms with Crippen molar-refractivity contribution in [2.45, 2.75) is 60.2 Å². The van der Waals surface area contributed by atoms with Gasteiger partial charge in [-0.1, -0.05) is 34.8 Å². The Morgan fingerprint density at radius 1 is 1.26 bits per heavy atom. The van der Waals surface area contributed by atoms with Crippen LogP contribution in [0, 0.1) is 0 Å². The fourth-order valence-corrected chi connectivity index (χ4v) is 3.32.